The van der Waals surface area contributed by atoms with Crippen LogP contribution in [-0.4, -0.2) is 31.0 Å². The van der Waals surface area contributed by atoms with Gasteiger partial charge in [0.15, 0.2) is 5.78 Å². The summed E-state index contributed by atoms with van der Waals surface area (Å²) in [5, 5.41) is 1.90. The number of amides is 2. The SMILES string of the molecule is CCOC=C(C(C)=O)C(=O)NC(=O)OCC. The predicted molar refractivity (Wildman–Crippen MR) is 55.6 cm³/mol. The van der Waals surface area contributed by atoms with E-state index in [9.17, 15) is 14.4 Å². The molecule has 0 atom stereocenters. The molecular formula is C10H15NO5. The highest BCUT2D eigenvalue weighted by atomic mass is 16.5. The van der Waals surface area contributed by atoms with Crippen LogP contribution >= 0.6 is 0 Å². The van der Waals surface area contributed by atoms with Crippen molar-refractivity contribution in [3.05, 3.63) is 11.8 Å². The molecule has 2 amide bonds. The summed E-state index contributed by atoms with van der Waals surface area (Å²) in [4.78, 5) is 33.4. The van der Waals surface area contributed by atoms with Gasteiger partial charge in [-0.1, -0.05) is 0 Å². The lowest BCUT2D eigenvalue weighted by Crippen LogP contribution is -2.34. The summed E-state index contributed by atoms with van der Waals surface area (Å²) in [5.41, 5.74) is -0.227. The first-order valence-electron chi connectivity index (χ1n) is 4.83. The topological polar surface area (TPSA) is 81.7 Å². The van der Waals surface area contributed by atoms with E-state index in [1.807, 2.05) is 5.32 Å². The minimum atomic E-state index is -0.892. The highest BCUT2D eigenvalue weighted by molar-refractivity contribution is 6.20. The molecule has 0 heterocycles. The molecule has 0 aromatic heterocycles. The number of ether oxygens (including phenoxy) is 2. The molecule has 0 rings (SSSR count). The maximum absolute atomic E-state index is 11.4. The van der Waals surface area contributed by atoms with Gasteiger partial charge in [-0.3, -0.25) is 14.9 Å². The van der Waals surface area contributed by atoms with Gasteiger partial charge in [-0.15, -0.1) is 0 Å². The van der Waals surface area contributed by atoms with Crippen LogP contribution in [0, 0.1) is 0 Å². The summed E-state index contributed by atoms with van der Waals surface area (Å²) in [6.45, 7) is 4.98. The van der Waals surface area contributed by atoms with Crippen molar-refractivity contribution in [2.45, 2.75) is 20.8 Å². The van der Waals surface area contributed by atoms with Crippen molar-refractivity contribution in [3.8, 4) is 0 Å². The summed E-state index contributed by atoms with van der Waals surface area (Å²) in [6, 6.07) is 0. The van der Waals surface area contributed by atoms with E-state index in [1.165, 1.54) is 6.92 Å². The lowest BCUT2D eigenvalue weighted by Gasteiger charge is -2.05. The molecule has 0 aliphatic rings. The van der Waals surface area contributed by atoms with Crippen LogP contribution in [0.1, 0.15) is 20.8 Å². The Labute approximate surface area is 93.6 Å². The quantitative estimate of drug-likeness (QED) is 0.326. The molecular weight excluding hydrogens is 214 g/mol. The fourth-order valence-electron chi connectivity index (χ4n) is 0.790. The van der Waals surface area contributed by atoms with Crippen molar-refractivity contribution in [3.63, 3.8) is 0 Å². The molecule has 1 N–H and O–H groups in total. The fourth-order valence-corrected chi connectivity index (χ4v) is 0.790. The van der Waals surface area contributed by atoms with Gasteiger partial charge in [0.05, 0.1) is 19.5 Å². The molecule has 0 spiro atoms. The summed E-state index contributed by atoms with van der Waals surface area (Å²) >= 11 is 0. The largest absolute Gasteiger partial charge is 0.501 e. The number of rotatable bonds is 5. The standard InChI is InChI=1S/C10H15NO5/c1-4-15-6-8(7(3)12)9(13)11-10(14)16-5-2/h6H,4-5H2,1-3H3,(H,11,13,14). The van der Waals surface area contributed by atoms with Crippen LogP contribution in [0.4, 0.5) is 4.79 Å². The van der Waals surface area contributed by atoms with E-state index in [4.69, 9.17) is 4.74 Å². The molecule has 0 fully saturated rings. The average molecular weight is 229 g/mol. The Kier molecular flexibility index (Phi) is 6.58. The number of Topliss-reactive ketones (excluding diaryl/α,β-unsaturated/α-hetero) is 1. The molecule has 0 aliphatic carbocycles. The van der Waals surface area contributed by atoms with E-state index in [2.05, 4.69) is 4.74 Å². The van der Waals surface area contributed by atoms with Gasteiger partial charge >= 0.3 is 6.09 Å². The van der Waals surface area contributed by atoms with E-state index < -0.39 is 17.8 Å². The van der Waals surface area contributed by atoms with Gasteiger partial charge in [-0.2, -0.15) is 0 Å². The van der Waals surface area contributed by atoms with Crippen LogP contribution in [0.2, 0.25) is 0 Å². The lowest BCUT2D eigenvalue weighted by molar-refractivity contribution is -0.121. The minimum Gasteiger partial charge on any atom is -0.501 e. The van der Waals surface area contributed by atoms with Crippen LogP contribution < -0.4 is 5.32 Å². The minimum absolute atomic E-state index is 0.143. The zero-order valence-electron chi connectivity index (χ0n) is 9.53. The Morgan fingerprint density at radius 1 is 1.19 bits per heavy atom. The Hall–Kier alpha value is -1.85. The van der Waals surface area contributed by atoms with Gasteiger partial charge in [0.1, 0.15) is 5.57 Å². The second-order valence-corrected chi connectivity index (χ2v) is 2.72. The zero-order valence-corrected chi connectivity index (χ0v) is 9.53. The van der Waals surface area contributed by atoms with Crippen molar-refractivity contribution in [2.24, 2.45) is 0 Å². The number of ketones is 1. The predicted octanol–water partition coefficient (Wildman–Crippen LogP) is 0.768. The van der Waals surface area contributed by atoms with Gasteiger partial charge in [-0.05, 0) is 20.8 Å². The maximum Gasteiger partial charge on any atom is 0.414 e. The van der Waals surface area contributed by atoms with Gasteiger partial charge in [0.25, 0.3) is 5.91 Å². The first-order valence-corrected chi connectivity index (χ1v) is 4.83. The van der Waals surface area contributed by atoms with Crippen molar-refractivity contribution in [2.75, 3.05) is 13.2 Å². The van der Waals surface area contributed by atoms with Gasteiger partial charge < -0.3 is 9.47 Å². The van der Waals surface area contributed by atoms with Crippen LogP contribution in [-0.2, 0) is 19.1 Å². The first kappa shape index (κ1) is 14.2. The van der Waals surface area contributed by atoms with Gasteiger partial charge in [-0.25, -0.2) is 4.79 Å². The molecule has 0 aliphatic heterocycles. The molecule has 0 radical (unpaired) electrons. The van der Waals surface area contributed by atoms with Gasteiger partial charge in [0, 0.05) is 0 Å². The molecule has 0 saturated carbocycles. The Morgan fingerprint density at radius 2 is 1.81 bits per heavy atom. The second kappa shape index (κ2) is 7.44. The molecule has 0 saturated heterocycles. The summed E-state index contributed by atoms with van der Waals surface area (Å²) in [5.74, 6) is -1.32. The van der Waals surface area contributed by atoms with Crippen molar-refractivity contribution in [1.29, 1.82) is 0 Å². The number of carbonyl (C=O) groups is 3. The van der Waals surface area contributed by atoms with Crippen LogP contribution in [0.25, 0.3) is 0 Å². The van der Waals surface area contributed by atoms with Crippen LogP contribution in [0.5, 0.6) is 0 Å². The lowest BCUT2D eigenvalue weighted by atomic mass is 10.2. The summed E-state index contributed by atoms with van der Waals surface area (Å²) in [7, 11) is 0. The summed E-state index contributed by atoms with van der Waals surface area (Å²) < 4.78 is 9.32. The third-order valence-corrected chi connectivity index (χ3v) is 1.48. The first-order chi connectivity index (χ1) is 7.52. The number of hydrogen-bond acceptors (Lipinski definition) is 5. The summed E-state index contributed by atoms with van der Waals surface area (Å²) in [6.07, 6.45) is 0.132. The molecule has 0 unspecified atom stereocenters. The molecule has 16 heavy (non-hydrogen) atoms. The zero-order chi connectivity index (χ0) is 12.6. The molecule has 0 aromatic rings. The van der Waals surface area contributed by atoms with E-state index in [0.29, 0.717) is 6.61 Å². The molecule has 6 nitrogen and oxygen atoms in total. The number of nitrogens with one attached hydrogen (secondary N) is 1. The van der Waals surface area contributed by atoms with Crippen LogP contribution in [0.3, 0.4) is 0 Å². The van der Waals surface area contributed by atoms with Crippen molar-refractivity contribution >= 4 is 17.8 Å². The van der Waals surface area contributed by atoms with Gasteiger partial charge in [0.2, 0.25) is 0 Å². The van der Waals surface area contributed by atoms with E-state index in [0.717, 1.165) is 6.26 Å². The Morgan fingerprint density at radius 3 is 2.25 bits per heavy atom. The van der Waals surface area contributed by atoms with Crippen LogP contribution in [0.15, 0.2) is 11.8 Å². The number of hydrogen-bond donors (Lipinski definition) is 1. The van der Waals surface area contributed by atoms with Crippen molar-refractivity contribution in [1.82, 2.24) is 5.32 Å². The van der Waals surface area contributed by atoms with Crippen molar-refractivity contribution < 1.29 is 23.9 Å². The molecule has 0 bridgehead atoms. The molecule has 0 aromatic carbocycles. The van der Waals surface area contributed by atoms with E-state index in [1.54, 1.807) is 13.8 Å². The number of carbonyl (C=O) groups excluding carboxylic acids is 3. The highest BCUT2D eigenvalue weighted by Crippen LogP contribution is 1.98. The maximum atomic E-state index is 11.4. The Balaban J connectivity index is 4.51. The number of alkyl carbamates (subject to hydrolysis) is 1. The monoisotopic (exact) mass is 229 g/mol. The van der Waals surface area contributed by atoms with E-state index in [-0.39, 0.29) is 12.2 Å². The fraction of sp³-hybridized carbons (Fsp3) is 0.500. The molecule has 90 valence electrons. The highest BCUT2D eigenvalue weighted by Gasteiger charge is 2.18. The number of imide groups is 1. The molecule has 6 heteroatoms. The van der Waals surface area contributed by atoms with E-state index >= 15 is 0 Å². The second-order valence-electron chi connectivity index (χ2n) is 2.72. The smallest absolute Gasteiger partial charge is 0.414 e. The normalized spacial score (nSPS) is 10.6. The third kappa shape index (κ3) is 5.14. The Bertz CT molecular complexity index is 308. The third-order valence-electron chi connectivity index (χ3n) is 1.48. The average Bonchev–Trinajstić information content (AvgIpc) is 2.17.